The molecule has 0 unspecified atom stereocenters. The fourth-order valence-electron chi connectivity index (χ4n) is 2.23. The zero-order valence-corrected chi connectivity index (χ0v) is 10.9. The number of aromatic amines is 1. The van der Waals surface area contributed by atoms with Gasteiger partial charge in [-0.25, -0.2) is 9.97 Å². The summed E-state index contributed by atoms with van der Waals surface area (Å²) >= 11 is 3.46. The summed E-state index contributed by atoms with van der Waals surface area (Å²) in [4.78, 5) is 12.6. The molecule has 1 N–H and O–H groups in total. The van der Waals surface area contributed by atoms with Crippen LogP contribution < -0.4 is 0 Å². The Labute approximate surface area is 111 Å². The molecule has 0 amide bonds. The van der Waals surface area contributed by atoms with Crippen molar-refractivity contribution in [2.24, 2.45) is 0 Å². The number of H-pyrrole nitrogens is 1. The molecule has 0 spiro atoms. The number of hydrogen-bond acceptors (Lipinski definition) is 2. The summed E-state index contributed by atoms with van der Waals surface area (Å²) in [5.41, 5.74) is 4.64. The van der Waals surface area contributed by atoms with Crippen LogP contribution in [0.1, 0.15) is 0 Å². The van der Waals surface area contributed by atoms with Crippen molar-refractivity contribution < 1.29 is 0 Å². The Hall–Kier alpha value is -1.94. The van der Waals surface area contributed by atoms with E-state index in [4.69, 9.17) is 4.98 Å². The third-order valence-electron chi connectivity index (χ3n) is 3.06. The third-order valence-corrected chi connectivity index (χ3v) is 3.55. The van der Waals surface area contributed by atoms with E-state index in [1.54, 1.807) is 0 Å². The van der Waals surface area contributed by atoms with Crippen LogP contribution in [0.25, 0.3) is 33.1 Å². The summed E-state index contributed by atoms with van der Waals surface area (Å²) < 4.78 is 1.02. The third kappa shape index (κ3) is 1.36. The van der Waals surface area contributed by atoms with Crippen molar-refractivity contribution >= 4 is 49.0 Å². The Balaban J connectivity index is 2.24. The quantitative estimate of drug-likeness (QED) is 0.532. The smallest absolute Gasteiger partial charge is 0.157 e. The van der Waals surface area contributed by atoms with Crippen molar-refractivity contribution in [1.82, 2.24) is 15.0 Å². The van der Waals surface area contributed by atoms with Gasteiger partial charge in [0.05, 0.1) is 11.0 Å². The van der Waals surface area contributed by atoms with Gasteiger partial charge in [-0.1, -0.05) is 34.1 Å². The molecular weight excluding hydrogens is 290 g/mol. The summed E-state index contributed by atoms with van der Waals surface area (Å²) in [5, 5.41) is 1.11. The van der Waals surface area contributed by atoms with Crippen molar-refractivity contribution in [2.45, 2.75) is 0 Å². The van der Waals surface area contributed by atoms with Crippen LogP contribution >= 0.6 is 15.9 Å². The number of aromatic nitrogens is 3. The first kappa shape index (κ1) is 10.0. The Bertz CT molecular complexity index is 895. The van der Waals surface area contributed by atoms with Crippen LogP contribution in [0.4, 0.5) is 0 Å². The number of halogens is 1. The predicted molar refractivity (Wildman–Crippen MR) is 76.6 cm³/mol. The topological polar surface area (TPSA) is 41.6 Å². The maximum atomic E-state index is 4.70. The molecule has 0 bridgehead atoms. The van der Waals surface area contributed by atoms with E-state index in [-0.39, 0.29) is 0 Å². The molecule has 2 heterocycles. The van der Waals surface area contributed by atoms with Gasteiger partial charge in [0.15, 0.2) is 5.65 Å². The lowest BCUT2D eigenvalue weighted by Gasteiger charge is -1.97. The average Bonchev–Trinajstić information content (AvgIpc) is 2.74. The number of nitrogens with one attached hydrogen (secondary N) is 1. The number of fused-ring (bicyclic) bond motifs is 4. The van der Waals surface area contributed by atoms with Crippen LogP contribution in [0.3, 0.4) is 0 Å². The highest BCUT2D eigenvalue weighted by Crippen LogP contribution is 2.25. The first-order chi connectivity index (χ1) is 8.81. The molecule has 4 heteroatoms. The van der Waals surface area contributed by atoms with Gasteiger partial charge in [-0.2, -0.15) is 0 Å². The molecule has 0 aliphatic rings. The highest BCUT2D eigenvalue weighted by atomic mass is 79.9. The average molecular weight is 298 g/mol. The highest BCUT2D eigenvalue weighted by molar-refractivity contribution is 9.10. The van der Waals surface area contributed by atoms with Crippen molar-refractivity contribution in [3.63, 3.8) is 0 Å². The van der Waals surface area contributed by atoms with E-state index in [0.717, 1.165) is 37.6 Å². The molecular formula is C14H8BrN3. The van der Waals surface area contributed by atoms with E-state index in [9.17, 15) is 0 Å². The molecule has 0 aliphatic carbocycles. The van der Waals surface area contributed by atoms with Crippen molar-refractivity contribution in [3.8, 4) is 0 Å². The SMILES string of the molecule is Brc1ccc2nc3[nH]c4ccccc4c3nc2c1. The van der Waals surface area contributed by atoms with Crippen molar-refractivity contribution in [1.29, 1.82) is 0 Å². The van der Waals surface area contributed by atoms with Crippen molar-refractivity contribution in [3.05, 3.63) is 46.9 Å². The number of nitrogens with zero attached hydrogens (tertiary/aromatic N) is 2. The molecule has 4 aromatic rings. The van der Waals surface area contributed by atoms with E-state index in [2.05, 4.69) is 32.0 Å². The van der Waals surface area contributed by atoms with E-state index in [0.29, 0.717) is 0 Å². The van der Waals surface area contributed by atoms with Gasteiger partial charge in [-0.3, -0.25) is 0 Å². The fourth-order valence-corrected chi connectivity index (χ4v) is 2.58. The second kappa shape index (κ2) is 3.53. The lowest BCUT2D eigenvalue weighted by molar-refractivity contribution is 1.35. The molecule has 4 rings (SSSR count). The molecule has 86 valence electrons. The van der Waals surface area contributed by atoms with Crippen LogP contribution in [0.2, 0.25) is 0 Å². The van der Waals surface area contributed by atoms with Gasteiger partial charge < -0.3 is 4.98 Å². The van der Waals surface area contributed by atoms with E-state index >= 15 is 0 Å². The molecule has 3 nitrogen and oxygen atoms in total. The molecule has 0 fully saturated rings. The van der Waals surface area contributed by atoms with Crippen LogP contribution in [0.15, 0.2) is 46.9 Å². The number of benzene rings is 2. The van der Waals surface area contributed by atoms with Gasteiger partial charge >= 0.3 is 0 Å². The summed E-state index contributed by atoms with van der Waals surface area (Å²) in [7, 11) is 0. The minimum Gasteiger partial charge on any atom is -0.338 e. The summed E-state index contributed by atoms with van der Waals surface area (Å²) in [6.45, 7) is 0. The summed E-state index contributed by atoms with van der Waals surface area (Å²) in [6, 6.07) is 14.1. The van der Waals surface area contributed by atoms with Crippen LogP contribution in [-0.2, 0) is 0 Å². The monoisotopic (exact) mass is 297 g/mol. The van der Waals surface area contributed by atoms with Gasteiger partial charge in [0, 0.05) is 15.4 Å². The molecule has 0 saturated carbocycles. The predicted octanol–water partition coefficient (Wildman–Crippen LogP) is 4.03. The molecule has 0 radical (unpaired) electrons. The van der Waals surface area contributed by atoms with E-state index in [1.165, 1.54) is 0 Å². The largest absolute Gasteiger partial charge is 0.338 e. The molecule has 2 aromatic heterocycles. The van der Waals surface area contributed by atoms with Gasteiger partial charge in [-0.05, 0) is 24.3 Å². The molecule has 18 heavy (non-hydrogen) atoms. The lowest BCUT2D eigenvalue weighted by Crippen LogP contribution is -1.85. The Kier molecular flexibility index (Phi) is 1.96. The van der Waals surface area contributed by atoms with E-state index in [1.807, 2.05) is 36.4 Å². The van der Waals surface area contributed by atoms with Gasteiger partial charge in [0.2, 0.25) is 0 Å². The highest BCUT2D eigenvalue weighted by Gasteiger charge is 2.08. The van der Waals surface area contributed by atoms with Gasteiger partial charge in [0.1, 0.15) is 5.52 Å². The van der Waals surface area contributed by atoms with E-state index < -0.39 is 0 Å². The normalized spacial score (nSPS) is 11.6. The van der Waals surface area contributed by atoms with Gasteiger partial charge in [0.25, 0.3) is 0 Å². The molecule has 0 atom stereocenters. The minimum absolute atomic E-state index is 0.839. The van der Waals surface area contributed by atoms with Crippen molar-refractivity contribution in [2.75, 3.05) is 0 Å². The maximum absolute atomic E-state index is 4.70. The molecule has 0 aliphatic heterocycles. The van der Waals surface area contributed by atoms with Crippen LogP contribution in [-0.4, -0.2) is 15.0 Å². The second-order valence-electron chi connectivity index (χ2n) is 4.22. The maximum Gasteiger partial charge on any atom is 0.157 e. The fraction of sp³-hybridized carbons (Fsp3) is 0. The number of rotatable bonds is 0. The zero-order chi connectivity index (χ0) is 12.1. The first-order valence-electron chi connectivity index (χ1n) is 5.65. The molecule has 2 aromatic carbocycles. The summed E-state index contributed by atoms with van der Waals surface area (Å²) in [5.74, 6) is 0. The standard InChI is InChI=1S/C14H8BrN3/c15-8-5-6-11-12(7-8)16-13-9-3-1-2-4-10(9)17-14(13)18-11/h1-7H,(H,17,18). The molecule has 0 saturated heterocycles. The Morgan fingerprint density at radius 3 is 2.78 bits per heavy atom. The Morgan fingerprint density at radius 1 is 0.944 bits per heavy atom. The minimum atomic E-state index is 0.839. The second-order valence-corrected chi connectivity index (χ2v) is 5.14. The van der Waals surface area contributed by atoms with Gasteiger partial charge in [-0.15, -0.1) is 0 Å². The first-order valence-corrected chi connectivity index (χ1v) is 6.44. The lowest BCUT2D eigenvalue weighted by atomic mass is 10.2. The summed E-state index contributed by atoms with van der Waals surface area (Å²) in [6.07, 6.45) is 0. The zero-order valence-electron chi connectivity index (χ0n) is 9.31. The Morgan fingerprint density at radius 2 is 1.83 bits per heavy atom. The van der Waals surface area contributed by atoms with Crippen LogP contribution in [0.5, 0.6) is 0 Å². The number of para-hydroxylation sites is 1. The van der Waals surface area contributed by atoms with Crippen LogP contribution in [0, 0.1) is 0 Å². The number of hydrogen-bond donors (Lipinski definition) is 1.